The zero-order chi connectivity index (χ0) is 19.9. The molecule has 6 nitrogen and oxygen atoms in total. The van der Waals surface area contributed by atoms with Gasteiger partial charge in [-0.15, -0.1) is 0 Å². The van der Waals surface area contributed by atoms with Crippen molar-refractivity contribution in [1.82, 2.24) is 21.3 Å². The molecule has 0 unspecified atom stereocenters. The van der Waals surface area contributed by atoms with Crippen LogP contribution in [0.4, 0.5) is 0 Å². The number of hydrogen-bond acceptors (Lipinski definition) is 6. The Bertz CT molecular complexity index is 603. The van der Waals surface area contributed by atoms with E-state index in [9.17, 15) is 0 Å². The summed E-state index contributed by atoms with van der Waals surface area (Å²) in [7, 11) is 0. The normalized spacial score (nSPS) is 11.1. The van der Waals surface area contributed by atoms with Crippen LogP contribution in [0.25, 0.3) is 11.1 Å². The van der Waals surface area contributed by atoms with Crippen molar-refractivity contribution in [3.05, 3.63) is 59.7 Å². The first kappa shape index (κ1) is 22.5. The van der Waals surface area contributed by atoms with Crippen LogP contribution in [-0.2, 0) is 13.1 Å². The minimum Gasteiger partial charge on any atom is -0.329 e. The highest BCUT2D eigenvalue weighted by molar-refractivity contribution is 5.64. The van der Waals surface area contributed by atoms with Gasteiger partial charge in [-0.2, -0.15) is 0 Å². The molecule has 0 amide bonds. The highest BCUT2D eigenvalue weighted by atomic mass is 14.9. The van der Waals surface area contributed by atoms with E-state index in [0.717, 1.165) is 52.4 Å². The summed E-state index contributed by atoms with van der Waals surface area (Å²) < 4.78 is 0. The highest BCUT2D eigenvalue weighted by Gasteiger charge is 2.01. The first-order valence-corrected chi connectivity index (χ1v) is 10.2. The summed E-state index contributed by atoms with van der Waals surface area (Å²) in [5.41, 5.74) is 16.1. The third-order valence-corrected chi connectivity index (χ3v) is 4.44. The molecule has 0 aromatic heterocycles. The van der Waals surface area contributed by atoms with E-state index in [0.29, 0.717) is 13.1 Å². The van der Waals surface area contributed by atoms with Gasteiger partial charge in [0.1, 0.15) is 0 Å². The molecule has 8 N–H and O–H groups in total. The molecule has 28 heavy (non-hydrogen) atoms. The third-order valence-electron chi connectivity index (χ3n) is 4.44. The molecule has 0 saturated carbocycles. The molecule has 154 valence electrons. The summed E-state index contributed by atoms with van der Waals surface area (Å²) in [6.45, 7) is 8.59. The second kappa shape index (κ2) is 14.2. The van der Waals surface area contributed by atoms with E-state index in [1.54, 1.807) is 0 Å². The summed E-state index contributed by atoms with van der Waals surface area (Å²) in [6, 6.07) is 17.5. The van der Waals surface area contributed by atoms with Crippen LogP contribution in [0, 0.1) is 0 Å². The molecule has 0 bridgehead atoms. The lowest BCUT2D eigenvalue weighted by Crippen LogP contribution is -2.30. The van der Waals surface area contributed by atoms with Gasteiger partial charge in [-0.1, -0.05) is 36.4 Å². The Kier molecular flexibility index (Phi) is 11.4. The molecular formula is C22H36N6. The summed E-state index contributed by atoms with van der Waals surface area (Å²) >= 11 is 0. The van der Waals surface area contributed by atoms with E-state index in [2.05, 4.69) is 69.8 Å². The predicted molar refractivity (Wildman–Crippen MR) is 119 cm³/mol. The highest BCUT2D eigenvalue weighted by Crippen LogP contribution is 2.21. The minimum absolute atomic E-state index is 0.682. The first-order valence-electron chi connectivity index (χ1n) is 10.2. The van der Waals surface area contributed by atoms with Crippen LogP contribution in [0.3, 0.4) is 0 Å². The number of nitrogens with two attached hydrogens (primary N) is 2. The predicted octanol–water partition coefficient (Wildman–Crippen LogP) is 0.629. The van der Waals surface area contributed by atoms with E-state index in [1.807, 2.05) is 0 Å². The lowest BCUT2D eigenvalue weighted by atomic mass is 10.0. The van der Waals surface area contributed by atoms with E-state index in [4.69, 9.17) is 11.5 Å². The SMILES string of the molecule is NCCNCCNCc1cccc(-c2cccc(CNCCNCCN)c2)c1. The Hall–Kier alpha value is -1.80. The number of hydrogen-bond donors (Lipinski definition) is 6. The summed E-state index contributed by atoms with van der Waals surface area (Å²) in [5, 5.41) is 13.5. The van der Waals surface area contributed by atoms with Crippen molar-refractivity contribution in [2.24, 2.45) is 11.5 Å². The van der Waals surface area contributed by atoms with Gasteiger partial charge in [0.15, 0.2) is 0 Å². The van der Waals surface area contributed by atoms with E-state index >= 15 is 0 Å². The van der Waals surface area contributed by atoms with E-state index < -0.39 is 0 Å². The van der Waals surface area contributed by atoms with Crippen molar-refractivity contribution >= 4 is 0 Å². The quantitative estimate of drug-likeness (QED) is 0.252. The van der Waals surface area contributed by atoms with Crippen molar-refractivity contribution < 1.29 is 0 Å². The number of rotatable bonds is 15. The van der Waals surface area contributed by atoms with Gasteiger partial charge in [0.2, 0.25) is 0 Å². The molecule has 0 atom stereocenters. The number of benzene rings is 2. The standard InChI is InChI=1S/C22H36N6/c23-7-9-25-11-13-27-17-19-3-1-5-21(15-19)22-6-2-4-20(16-22)18-28-14-12-26-10-8-24/h1-6,15-16,25-28H,7-14,17-18,23-24H2. The molecule has 0 saturated heterocycles. The van der Waals surface area contributed by atoms with Gasteiger partial charge in [0.05, 0.1) is 0 Å². The first-order chi connectivity index (χ1) is 13.8. The molecule has 2 aromatic carbocycles. The van der Waals surface area contributed by atoms with Crippen molar-refractivity contribution in [2.75, 3.05) is 52.4 Å². The van der Waals surface area contributed by atoms with Gasteiger partial charge in [-0.05, 0) is 34.4 Å². The molecule has 2 rings (SSSR count). The maximum Gasteiger partial charge on any atom is 0.0206 e. The summed E-state index contributed by atoms with van der Waals surface area (Å²) in [6.07, 6.45) is 0. The second-order valence-corrected chi connectivity index (χ2v) is 6.83. The van der Waals surface area contributed by atoms with Crippen molar-refractivity contribution in [3.8, 4) is 11.1 Å². The van der Waals surface area contributed by atoms with Crippen molar-refractivity contribution in [3.63, 3.8) is 0 Å². The van der Waals surface area contributed by atoms with E-state index in [1.165, 1.54) is 22.3 Å². The lowest BCUT2D eigenvalue weighted by molar-refractivity contribution is 0.614. The van der Waals surface area contributed by atoms with Crippen LogP contribution in [0.2, 0.25) is 0 Å². The van der Waals surface area contributed by atoms with Gasteiger partial charge in [0, 0.05) is 65.4 Å². The van der Waals surface area contributed by atoms with Crippen LogP contribution in [0.5, 0.6) is 0 Å². The molecule has 2 aromatic rings. The number of nitrogens with one attached hydrogen (secondary N) is 4. The largest absolute Gasteiger partial charge is 0.329 e. The molecule has 0 radical (unpaired) electrons. The Labute approximate surface area is 169 Å². The van der Waals surface area contributed by atoms with Crippen LogP contribution >= 0.6 is 0 Å². The topological polar surface area (TPSA) is 100 Å². The molecule has 0 aliphatic heterocycles. The van der Waals surface area contributed by atoms with Gasteiger partial charge in [0.25, 0.3) is 0 Å². The Morgan fingerprint density at radius 2 is 0.964 bits per heavy atom. The molecule has 0 fully saturated rings. The zero-order valence-electron chi connectivity index (χ0n) is 16.8. The molecule has 0 aliphatic carbocycles. The van der Waals surface area contributed by atoms with Gasteiger partial charge >= 0.3 is 0 Å². The molecule has 0 aliphatic rings. The summed E-state index contributed by atoms with van der Waals surface area (Å²) in [4.78, 5) is 0. The summed E-state index contributed by atoms with van der Waals surface area (Å²) in [5.74, 6) is 0. The maximum absolute atomic E-state index is 5.47. The average molecular weight is 385 g/mol. The maximum atomic E-state index is 5.47. The van der Waals surface area contributed by atoms with Crippen LogP contribution in [0.1, 0.15) is 11.1 Å². The molecule has 0 spiro atoms. The van der Waals surface area contributed by atoms with Crippen LogP contribution in [-0.4, -0.2) is 52.4 Å². The van der Waals surface area contributed by atoms with Crippen molar-refractivity contribution in [2.45, 2.75) is 13.1 Å². The fraction of sp³-hybridized carbons (Fsp3) is 0.455. The second-order valence-electron chi connectivity index (χ2n) is 6.83. The lowest BCUT2D eigenvalue weighted by Gasteiger charge is -2.10. The fourth-order valence-corrected chi connectivity index (χ4v) is 2.99. The molecule has 0 heterocycles. The Morgan fingerprint density at radius 1 is 0.536 bits per heavy atom. The van der Waals surface area contributed by atoms with Gasteiger partial charge in [-0.25, -0.2) is 0 Å². The molecule has 6 heteroatoms. The van der Waals surface area contributed by atoms with Crippen molar-refractivity contribution in [1.29, 1.82) is 0 Å². The average Bonchev–Trinajstić information content (AvgIpc) is 2.73. The smallest absolute Gasteiger partial charge is 0.0206 e. The monoisotopic (exact) mass is 384 g/mol. The van der Waals surface area contributed by atoms with Gasteiger partial charge < -0.3 is 32.7 Å². The minimum atomic E-state index is 0.682. The Morgan fingerprint density at radius 3 is 1.39 bits per heavy atom. The van der Waals surface area contributed by atoms with Crippen LogP contribution < -0.4 is 32.7 Å². The van der Waals surface area contributed by atoms with Gasteiger partial charge in [-0.3, -0.25) is 0 Å². The third kappa shape index (κ3) is 8.93. The fourth-order valence-electron chi connectivity index (χ4n) is 2.99. The Balaban J connectivity index is 1.82. The zero-order valence-corrected chi connectivity index (χ0v) is 16.8. The van der Waals surface area contributed by atoms with E-state index in [-0.39, 0.29) is 0 Å². The molecular weight excluding hydrogens is 348 g/mol. The van der Waals surface area contributed by atoms with Crippen LogP contribution in [0.15, 0.2) is 48.5 Å².